The van der Waals surface area contributed by atoms with E-state index in [4.69, 9.17) is 5.26 Å². The maximum absolute atomic E-state index is 10.6. The summed E-state index contributed by atoms with van der Waals surface area (Å²) in [5.41, 5.74) is 1.77. The predicted octanol–water partition coefficient (Wildman–Crippen LogP) is 2.11. The zero-order chi connectivity index (χ0) is 15.5. The Morgan fingerprint density at radius 3 is 2.77 bits per heavy atom. The van der Waals surface area contributed by atoms with Crippen LogP contribution in [0.2, 0.25) is 0 Å². The number of benzene rings is 1. The minimum absolute atomic E-state index is 0.0992. The highest BCUT2D eigenvalue weighted by atomic mass is 16.6. The van der Waals surface area contributed by atoms with E-state index in [2.05, 4.69) is 21.3 Å². The summed E-state index contributed by atoms with van der Waals surface area (Å²) in [6, 6.07) is 11.8. The summed E-state index contributed by atoms with van der Waals surface area (Å²) < 4.78 is 0. The van der Waals surface area contributed by atoms with Gasteiger partial charge in [-0.05, 0) is 18.2 Å². The highest BCUT2D eigenvalue weighted by Gasteiger charge is 2.09. The second kappa shape index (κ2) is 5.41. The molecule has 0 aliphatic rings. The molecule has 2 heterocycles. The van der Waals surface area contributed by atoms with Crippen molar-refractivity contribution < 1.29 is 4.92 Å². The summed E-state index contributed by atoms with van der Waals surface area (Å²) in [6.45, 7) is 0. The van der Waals surface area contributed by atoms with Crippen molar-refractivity contribution in [2.75, 3.05) is 0 Å². The van der Waals surface area contributed by atoms with Gasteiger partial charge in [-0.2, -0.15) is 10.4 Å². The molecule has 0 aliphatic carbocycles. The Morgan fingerprint density at radius 2 is 2.09 bits per heavy atom. The first kappa shape index (κ1) is 13.4. The van der Waals surface area contributed by atoms with Crippen LogP contribution in [-0.2, 0) is 0 Å². The summed E-state index contributed by atoms with van der Waals surface area (Å²) in [7, 11) is 0. The van der Waals surface area contributed by atoms with Crippen LogP contribution in [-0.4, -0.2) is 24.9 Å². The Bertz CT molecular complexity index is 879. The fourth-order valence-electron chi connectivity index (χ4n) is 1.86. The first-order valence-corrected chi connectivity index (χ1v) is 6.21. The molecule has 8 nitrogen and oxygen atoms in total. The zero-order valence-corrected chi connectivity index (χ0v) is 11.1. The van der Waals surface area contributed by atoms with Crippen LogP contribution in [0.3, 0.4) is 0 Å². The van der Waals surface area contributed by atoms with Gasteiger partial charge in [0.1, 0.15) is 11.9 Å². The van der Waals surface area contributed by atoms with Gasteiger partial charge >= 0.3 is 0 Å². The largest absolute Gasteiger partial charge is 0.287 e. The Hall–Kier alpha value is -3.60. The highest BCUT2D eigenvalue weighted by molar-refractivity contribution is 5.60. The molecule has 106 valence electrons. The maximum Gasteiger partial charge on any atom is 0.287 e. The zero-order valence-electron chi connectivity index (χ0n) is 11.1. The van der Waals surface area contributed by atoms with E-state index < -0.39 is 4.92 Å². The minimum Gasteiger partial charge on any atom is -0.258 e. The van der Waals surface area contributed by atoms with Crippen LogP contribution in [0.1, 0.15) is 5.56 Å². The Balaban J connectivity index is 1.93. The second-order valence-corrected chi connectivity index (χ2v) is 4.34. The number of nitriles is 1. The molecule has 0 spiro atoms. The van der Waals surface area contributed by atoms with Crippen molar-refractivity contribution in [2.45, 2.75) is 0 Å². The Kier molecular flexibility index (Phi) is 3.29. The molecule has 8 heteroatoms. The van der Waals surface area contributed by atoms with Crippen molar-refractivity contribution in [3.8, 4) is 23.1 Å². The van der Waals surface area contributed by atoms with Crippen LogP contribution in [0.25, 0.3) is 17.1 Å². The number of hydrogen-bond donors (Lipinski definition) is 0. The number of aromatic nitrogens is 4. The standard InChI is InChI=1S/C14H8N6O2/c15-7-10-2-1-3-11(6-10)13-9-17-19(18-13)14-5-4-12(8-16-14)20(21)22/h1-6,8-9H. The predicted molar refractivity (Wildman–Crippen MR) is 76.0 cm³/mol. The van der Waals surface area contributed by atoms with Gasteiger partial charge in [0, 0.05) is 11.6 Å². The van der Waals surface area contributed by atoms with E-state index in [1.54, 1.807) is 24.4 Å². The summed E-state index contributed by atoms with van der Waals surface area (Å²) in [5, 5.41) is 27.9. The monoisotopic (exact) mass is 292 g/mol. The van der Waals surface area contributed by atoms with Gasteiger partial charge in [-0.1, -0.05) is 12.1 Å². The Labute approximate surface area is 124 Å². The van der Waals surface area contributed by atoms with Crippen molar-refractivity contribution in [1.82, 2.24) is 20.0 Å². The SMILES string of the molecule is N#Cc1cccc(-c2cnn(-c3ccc([N+](=O)[O-])cn3)n2)c1. The quantitative estimate of drug-likeness (QED) is 0.540. The second-order valence-electron chi connectivity index (χ2n) is 4.34. The van der Waals surface area contributed by atoms with Crippen molar-refractivity contribution >= 4 is 5.69 Å². The molecule has 0 amide bonds. The van der Waals surface area contributed by atoms with E-state index in [0.29, 0.717) is 17.1 Å². The highest BCUT2D eigenvalue weighted by Crippen LogP contribution is 2.18. The van der Waals surface area contributed by atoms with Gasteiger partial charge in [-0.3, -0.25) is 10.1 Å². The molecule has 0 bridgehead atoms. The average Bonchev–Trinajstić information content (AvgIpc) is 3.05. The molecule has 22 heavy (non-hydrogen) atoms. The molecule has 1 aromatic carbocycles. The topological polar surface area (TPSA) is 111 Å². The van der Waals surface area contributed by atoms with E-state index in [-0.39, 0.29) is 5.69 Å². The molecule has 3 aromatic rings. The number of hydrogen-bond acceptors (Lipinski definition) is 6. The smallest absolute Gasteiger partial charge is 0.258 e. The van der Waals surface area contributed by atoms with Gasteiger partial charge in [0.2, 0.25) is 0 Å². The molecule has 0 radical (unpaired) electrons. The molecule has 3 rings (SSSR count). The summed E-state index contributed by atoms with van der Waals surface area (Å²) in [4.78, 5) is 15.3. The van der Waals surface area contributed by atoms with Crippen LogP contribution in [0, 0.1) is 21.4 Å². The lowest BCUT2D eigenvalue weighted by Crippen LogP contribution is -2.02. The average molecular weight is 292 g/mol. The van der Waals surface area contributed by atoms with Gasteiger partial charge in [0.15, 0.2) is 5.82 Å². The third-order valence-corrected chi connectivity index (χ3v) is 2.93. The van der Waals surface area contributed by atoms with Crippen molar-refractivity contribution in [3.63, 3.8) is 0 Å². The molecule has 0 atom stereocenters. The van der Waals surface area contributed by atoms with Crippen LogP contribution < -0.4 is 0 Å². The summed E-state index contributed by atoms with van der Waals surface area (Å²) >= 11 is 0. The molecule has 0 fully saturated rings. The number of pyridine rings is 1. The van der Waals surface area contributed by atoms with Crippen LogP contribution >= 0.6 is 0 Å². The number of rotatable bonds is 3. The van der Waals surface area contributed by atoms with E-state index in [9.17, 15) is 10.1 Å². The molecular formula is C14H8N6O2. The fourth-order valence-corrected chi connectivity index (χ4v) is 1.86. The van der Waals surface area contributed by atoms with Crippen LogP contribution in [0.4, 0.5) is 5.69 Å². The molecular weight excluding hydrogens is 284 g/mol. The van der Waals surface area contributed by atoms with Gasteiger partial charge in [-0.25, -0.2) is 4.98 Å². The van der Waals surface area contributed by atoms with E-state index >= 15 is 0 Å². The lowest BCUT2D eigenvalue weighted by Gasteiger charge is -1.98. The van der Waals surface area contributed by atoms with Crippen LogP contribution in [0.5, 0.6) is 0 Å². The van der Waals surface area contributed by atoms with E-state index in [1.807, 2.05) is 6.07 Å². The molecule has 2 aromatic heterocycles. The number of nitro groups is 1. The fraction of sp³-hybridized carbons (Fsp3) is 0. The van der Waals surface area contributed by atoms with Gasteiger partial charge in [-0.15, -0.1) is 9.90 Å². The summed E-state index contributed by atoms with van der Waals surface area (Å²) in [6.07, 6.45) is 2.69. The minimum atomic E-state index is -0.522. The van der Waals surface area contributed by atoms with Gasteiger partial charge < -0.3 is 0 Å². The molecule has 0 N–H and O–H groups in total. The number of nitrogens with zero attached hydrogens (tertiary/aromatic N) is 6. The molecule has 0 saturated heterocycles. The van der Waals surface area contributed by atoms with Gasteiger partial charge in [0.25, 0.3) is 5.69 Å². The van der Waals surface area contributed by atoms with E-state index in [1.165, 1.54) is 16.9 Å². The molecule has 0 saturated carbocycles. The molecule has 0 aliphatic heterocycles. The van der Waals surface area contributed by atoms with Crippen molar-refractivity contribution in [3.05, 3.63) is 64.5 Å². The van der Waals surface area contributed by atoms with Crippen molar-refractivity contribution in [2.24, 2.45) is 0 Å². The van der Waals surface area contributed by atoms with Crippen LogP contribution in [0.15, 0.2) is 48.8 Å². The third-order valence-electron chi connectivity index (χ3n) is 2.93. The molecule has 0 unspecified atom stereocenters. The van der Waals surface area contributed by atoms with Crippen molar-refractivity contribution in [1.29, 1.82) is 5.26 Å². The van der Waals surface area contributed by atoms with Gasteiger partial charge in [0.05, 0.1) is 22.8 Å². The summed E-state index contributed by atoms with van der Waals surface area (Å²) in [5.74, 6) is 0.369. The lowest BCUT2D eigenvalue weighted by atomic mass is 10.1. The maximum atomic E-state index is 10.6. The Morgan fingerprint density at radius 1 is 1.23 bits per heavy atom. The first-order chi connectivity index (χ1) is 10.7. The third kappa shape index (κ3) is 2.51. The normalized spacial score (nSPS) is 10.1. The first-order valence-electron chi connectivity index (χ1n) is 6.21. The lowest BCUT2D eigenvalue weighted by molar-refractivity contribution is -0.385. The van der Waals surface area contributed by atoms with E-state index in [0.717, 1.165) is 11.8 Å².